The average molecular weight is 430 g/mol. The highest BCUT2D eigenvalue weighted by Gasteiger charge is 2.30. The summed E-state index contributed by atoms with van der Waals surface area (Å²) in [5.41, 5.74) is 2.31. The third kappa shape index (κ3) is 6.86. The molecule has 1 saturated carbocycles. The minimum Gasteiger partial charge on any atom is -0.491 e. The van der Waals surface area contributed by atoms with Crippen LogP contribution in [-0.4, -0.2) is 74.1 Å². The number of carbonyl (C=O) groups excluding carboxylic acids is 1. The van der Waals surface area contributed by atoms with Crippen molar-refractivity contribution in [1.29, 1.82) is 0 Å². The molecule has 2 aliphatic rings. The van der Waals surface area contributed by atoms with Crippen molar-refractivity contribution in [3.05, 3.63) is 29.3 Å². The van der Waals surface area contributed by atoms with Crippen LogP contribution in [0.5, 0.6) is 5.75 Å². The summed E-state index contributed by atoms with van der Waals surface area (Å²) in [6, 6.07) is 6.30. The van der Waals surface area contributed by atoms with Crippen LogP contribution in [0.3, 0.4) is 0 Å². The van der Waals surface area contributed by atoms with Crippen LogP contribution in [-0.2, 0) is 11.3 Å². The van der Waals surface area contributed by atoms with Gasteiger partial charge in [0.25, 0.3) is 0 Å². The molecule has 3 rings (SSSR count). The normalized spacial score (nSPS) is 18.1. The second-order valence-corrected chi connectivity index (χ2v) is 8.93. The molecule has 7 nitrogen and oxygen atoms in total. The van der Waals surface area contributed by atoms with Crippen molar-refractivity contribution in [3.63, 3.8) is 0 Å². The lowest BCUT2D eigenvalue weighted by Crippen LogP contribution is -2.52. The lowest BCUT2D eigenvalue weighted by Gasteiger charge is -2.38. The van der Waals surface area contributed by atoms with Crippen molar-refractivity contribution >= 4 is 11.9 Å². The molecule has 2 N–H and O–H groups in total. The third-order valence-corrected chi connectivity index (χ3v) is 6.11. The van der Waals surface area contributed by atoms with Gasteiger partial charge in [0.05, 0.1) is 6.10 Å². The Kier molecular flexibility index (Phi) is 8.58. The average Bonchev–Trinajstić information content (AvgIpc) is 2.70. The van der Waals surface area contributed by atoms with Crippen molar-refractivity contribution in [3.8, 4) is 5.75 Å². The first kappa shape index (κ1) is 23.4. The topological polar surface area (TPSA) is 69.2 Å². The molecule has 0 spiro atoms. The maximum absolute atomic E-state index is 12.4. The number of rotatable bonds is 8. The van der Waals surface area contributed by atoms with Gasteiger partial charge in [0.2, 0.25) is 5.91 Å². The molecule has 31 heavy (non-hydrogen) atoms. The zero-order valence-electron chi connectivity index (χ0n) is 19.6. The molecule has 2 fully saturated rings. The number of piperazine rings is 1. The van der Waals surface area contributed by atoms with Gasteiger partial charge in [-0.3, -0.25) is 14.7 Å². The maximum Gasteiger partial charge on any atom is 0.225 e. The predicted octanol–water partition coefficient (Wildman–Crippen LogP) is 2.39. The van der Waals surface area contributed by atoms with E-state index in [2.05, 4.69) is 50.5 Å². The van der Waals surface area contributed by atoms with E-state index in [0.717, 1.165) is 69.4 Å². The van der Waals surface area contributed by atoms with Crippen molar-refractivity contribution in [1.82, 2.24) is 20.4 Å². The second-order valence-electron chi connectivity index (χ2n) is 8.93. The quantitative estimate of drug-likeness (QED) is 0.491. The molecule has 0 aromatic heterocycles. The van der Waals surface area contributed by atoms with Gasteiger partial charge in [-0.25, -0.2) is 0 Å². The zero-order valence-corrected chi connectivity index (χ0v) is 19.6. The fraction of sp³-hybridized carbons (Fsp3) is 0.667. The SMILES string of the molecule is CN=C(NCCN1CCN(C(=O)C2CCC2)CC1)NCc1ccc(C)cc1OC(C)C. The molecule has 1 aromatic carbocycles. The zero-order chi connectivity index (χ0) is 22.2. The van der Waals surface area contributed by atoms with E-state index in [9.17, 15) is 4.79 Å². The first-order valence-corrected chi connectivity index (χ1v) is 11.7. The first-order valence-electron chi connectivity index (χ1n) is 11.7. The molecule has 1 amide bonds. The predicted molar refractivity (Wildman–Crippen MR) is 126 cm³/mol. The van der Waals surface area contributed by atoms with Gasteiger partial charge in [0.15, 0.2) is 5.96 Å². The van der Waals surface area contributed by atoms with E-state index in [1.807, 2.05) is 13.8 Å². The number of guanidine groups is 1. The first-order chi connectivity index (χ1) is 15.0. The summed E-state index contributed by atoms with van der Waals surface area (Å²) < 4.78 is 5.97. The number of carbonyl (C=O) groups is 1. The molecule has 172 valence electrons. The molecule has 1 aliphatic heterocycles. The Morgan fingerprint density at radius 2 is 1.94 bits per heavy atom. The Morgan fingerprint density at radius 3 is 2.55 bits per heavy atom. The number of hydrogen-bond acceptors (Lipinski definition) is 4. The Hall–Kier alpha value is -2.28. The van der Waals surface area contributed by atoms with Crippen LogP contribution in [0.4, 0.5) is 0 Å². The molecule has 7 heteroatoms. The Labute approximate surface area is 187 Å². The maximum atomic E-state index is 12.4. The van der Waals surface area contributed by atoms with Gasteiger partial charge in [0.1, 0.15) is 5.75 Å². The van der Waals surface area contributed by atoms with Gasteiger partial charge < -0.3 is 20.3 Å². The van der Waals surface area contributed by atoms with E-state index >= 15 is 0 Å². The van der Waals surface area contributed by atoms with E-state index in [1.165, 1.54) is 12.0 Å². The fourth-order valence-electron chi connectivity index (χ4n) is 4.01. The molecule has 0 atom stereocenters. The summed E-state index contributed by atoms with van der Waals surface area (Å²) in [7, 11) is 1.79. The van der Waals surface area contributed by atoms with Crippen LogP contribution in [0, 0.1) is 12.8 Å². The molecule has 1 aromatic rings. The highest BCUT2D eigenvalue weighted by atomic mass is 16.5. The molecular weight excluding hydrogens is 390 g/mol. The van der Waals surface area contributed by atoms with E-state index < -0.39 is 0 Å². The summed E-state index contributed by atoms with van der Waals surface area (Å²) in [5, 5.41) is 6.80. The minimum absolute atomic E-state index is 0.141. The number of amides is 1. The number of nitrogens with one attached hydrogen (secondary N) is 2. The van der Waals surface area contributed by atoms with Crippen LogP contribution in [0.2, 0.25) is 0 Å². The van der Waals surface area contributed by atoms with Crippen molar-refractivity contribution in [2.75, 3.05) is 46.3 Å². The Morgan fingerprint density at radius 1 is 1.19 bits per heavy atom. The van der Waals surface area contributed by atoms with Crippen LogP contribution in [0.1, 0.15) is 44.2 Å². The monoisotopic (exact) mass is 429 g/mol. The second kappa shape index (κ2) is 11.4. The molecule has 1 heterocycles. The van der Waals surface area contributed by atoms with Gasteiger partial charge in [-0.2, -0.15) is 0 Å². The standard InChI is InChI=1S/C24H39N5O2/c1-18(2)31-22-16-19(3)8-9-21(22)17-27-24(25-4)26-10-11-28-12-14-29(15-13-28)23(30)20-6-5-7-20/h8-9,16,18,20H,5-7,10-15,17H2,1-4H3,(H2,25,26,27). The number of aliphatic imine (C=N–C) groups is 1. The lowest BCUT2D eigenvalue weighted by atomic mass is 9.84. The van der Waals surface area contributed by atoms with Crippen LogP contribution in [0.15, 0.2) is 23.2 Å². The summed E-state index contributed by atoms with van der Waals surface area (Å²) >= 11 is 0. The van der Waals surface area contributed by atoms with Crippen LogP contribution >= 0.6 is 0 Å². The lowest BCUT2D eigenvalue weighted by molar-refractivity contribution is -0.139. The highest BCUT2D eigenvalue weighted by Crippen LogP contribution is 2.28. The van der Waals surface area contributed by atoms with Gasteiger partial charge in [-0.15, -0.1) is 0 Å². The number of nitrogens with zero attached hydrogens (tertiary/aromatic N) is 3. The highest BCUT2D eigenvalue weighted by molar-refractivity contribution is 5.80. The van der Waals surface area contributed by atoms with E-state index in [1.54, 1.807) is 7.05 Å². The van der Waals surface area contributed by atoms with Crippen LogP contribution in [0.25, 0.3) is 0 Å². The van der Waals surface area contributed by atoms with E-state index in [-0.39, 0.29) is 6.10 Å². The Bertz CT molecular complexity index is 752. The van der Waals surface area contributed by atoms with Gasteiger partial charge in [-0.1, -0.05) is 18.6 Å². The smallest absolute Gasteiger partial charge is 0.225 e. The van der Waals surface area contributed by atoms with Gasteiger partial charge in [-0.05, 0) is 45.2 Å². The number of ether oxygens (including phenoxy) is 1. The summed E-state index contributed by atoms with van der Waals surface area (Å²) in [5.74, 6) is 2.40. The number of benzene rings is 1. The third-order valence-electron chi connectivity index (χ3n) is 6.11. The summed E-state index contributed by atoms with van der Waals surface area (Å²) in [6.07, 6.45) is 3.53. The van der Waals surface area contributed by atoms with E-state index in [0.29, 0.717) is 18.4 Å². The van der Waals surface area contributed by atoms with Crippen LogP contribution < -0.4 is 15.4 Å². The van der Waals surface area contributed by atoms with E-state index in [4.69, 9.17) is 4.74 Å². The minimum atomic E-state index is 0.141. The largest absolute Gasteiger partial charge is 0.491 e. The summed E-state index contributed by atoms with van der Waals surface area (Å²) in [6.45, 7) is 12.2. The number of hydrogen-bond donors (Lipinski definition) is 2. The molecular formula is C24H39N5O2. The molecule has 0 radical (unpaired) electrons. The Balaban J connectivity index is 1.38. The molecule has 0 unspecified atom stereocenters. The van der Waals surface area contributed by atoms with Crippen molar-refractivity contribution in [2.45, 2.75) is 52.7 Å². The summed E-state index contributed by atoms with van der Waals surface area (Å²) in [4.78, 5) is 21.2. The van der Waals surface area contributed by atoms with Crippen molar-refractivity contribution in [2.24, 2.45) is 10.9 Å². The fourth-order valence-corrected chi connectivity index (χ4v) is 4.01. The van der Waals surface area contributed by atoms with Gasteiger partial charge in [0, 0.05) is 64.3 Å². The van der Waals surface area contributed by atoms with Crippen molar-refractivity contribution < 1.29 is 9.53 Å². The number of aryl methyl sites for hydroxylation is 1. The molecule has 1 aliphatic carbocycles. The molecule has 1 saturated heterocycles. The van der Waals surface area contributed by atoms with Gasteiger partial charge >= 0.3 is 0 Å². The molecule has 0 bridgehead atoms.